The van der Waals surface area contributed by atoms with E-state index in [-0.39, 0.29) is 17.4 Å². The van der Waals surface area contributed by atoms with Gasteiger partial charge in [-0.25, -0.2) is 19.0 Å². The van der Waals surface area contributed by atoms with Crippen molar-refractivity contribution >= 4 is 23.5 Å². The summed E-state index contributed by atoms with van der Waals surface area (Å²) >= 11 is 0. The van der Waals surface area contributed by atoms with Crippen molar-refractivity contribution in [2.45, 2.75) is 19.5 Å². The monoisotopic (exact) mass is 429 g/mol. The van der Waals surface area contributed by atoms with Crippen LogP contribution in [-0.4, -0.2) is 54.5 Å². The molecule has 0 radical (unpaired) electrons. The Morgan fingerprint density at radius 3 is 2.40 bits per heavy atom. The number of nitrogens with zero attached hydrogens (tertiary/aromatic N) is 4. The van der Waals surface area contributed by atoms with Crippen LogP contribution in [0.2, 0.25) is 0 Å². The molecule has 0 bridgehead atoms. The number of carboxylic acids is 2. The average molecular weight is 429 g/mol. The molecule has 0 unspecified atom stereocenters. The zero-order valence-corrected chi connectivity index (χ0v) is 15.3. The number of aromatic carboxylic acids is 1. The second kappa shape index (κ2) is 9.15. The number of nitrogens with one attached hydrogen (secondary N) is 1. The van der Waals surface area contributed by atoms with Gasteiger partial charge in [0.15, 0.2) is 0 Å². The Labute approximate surface area is 166 Å². The summed E-state index contributed by atoms with van der Waals surface area (Å²) in [6, 6.07) is 8.13. The van der Waals surface area contributed by atoms with E-state index in [1.165, 1.54) is 16.6 Å². The quantitative estimate of drug-likeness (QED) is 0.528. The van der Waals surface area contributed by atoms with Gasteiger partial charge in [-0.1, -0.05) is 12.1 Å². The standard InChI is InChI=1S/C15H14FN5O2.C2HF3O2/c1-9-7-12(17-6-5-10-3-2-4-11(16)8-10)21-15(18-9)19-13(20-21)14(22)23;3-2(4,5)1(6)7/h2-4,7-8,17H,5-6H2,1H3,(H,22,23);(H,6,7). The number of carbonyl (C=O) groups is 2. The lowest BCUT2D eigenvalue weighted by molar-refractivity contribution is -0.192. The van der Waals surface area contributed by atoms with Crippen molar-refractivity contribution in [3.8, 4) is 0 Å². The van der Waals surface area contributed by atoms with Crippen molar-refractivity contribution < 1.29 is 37.4 Å². The van der Waals surface area contributed by atoms with Crippen LogP contribution in [0.5, 0.6) is 0 Å². The van der Waals surface area contributed by atoms with Crippen molar-refractivity contribution in [2.75, 3.05) is 11.9 Å². The molecule has 0 aliphatic carbocycles. The Kier molecular flexibility index (Phi) is 6.87. The highest BCUT2D eigenvalue weighted by molar-refractivity contribution is 5.83. The average Bonchev–Trinajstić information content (AvgIpc) is 3.06. The number of alkyl halides is 3. The van der Waals surface area contributed by atoms with E-state index in [0.717, 1.165) is 5.56 Å². The third kappa shape index (κ3) is 6.12. The van der Waals surface area contributed by atoms with Crippen molar-refractivity contribution in [3.05, 3.63) is 53.2 Å². The molecule has 0 atom stereocenters. The van der Waals surface area contributed by atoms with Crippen LogP contribution in [0.4, 0.5) is 23.4 Å². The molecule has 160 valence electrons. The normalized spacial score (nSPS) is 11.0. The number of hydrogen-bond acceptors (Lipinski definition) is 6. The fraction of sp³-hybridized carbons (Fsp3) is 0.235. The summed E-state index contributed by atoms with van der Waals surface area (Å²) in [6.45, 7) is 2.32. The van der Waals surface area contributed by atoms with Crippen LogP contribution in [0, 0.1) is 12.7 Å². The number of rotatable bonds is 5. The van der Waals surface area contributed by atoms with Gasteiger partial charge in [0, 0.05) is 18.3 Å². The van der Waals surface area contributed by atoms with E-state index in [9.17, 15) is 22.4 Å². The second-order valence-electron chi connectivity index (χ2n) is 5.84. The van der Waals surface area contributed by atoms with Crippen molar-refractivity contribution in [1.29, 1.82) is 0 Å². The van der Waals surface area contributed by atoms with Crippen molar-refractivity contribution in [2.24, 2.45) is 0 Å². The first-order valence-corrected chi connectivity index (χ1v) is 8.23. The minimum Gasteiger partial charge on any atom is -0.475 e. The lowest BCUT2D eigenvalue weighted by Gasteiger charge is -2.08. The Bertz CT molecular complexity index is 1070. The molecule has 2 aromatic heterocycles. The number of anilines is 1. The predicted octanol–water partition coefficient (Wildman–Crippen LogP) is 2.56. The smallest absolute Gasteiger partial charge is 0.475 e. The Morgan fingerprint density at radius 2 is 1.83 bits per heavy atom. The summed E-state index contributed by atoms with van der Waals surface area (Å²) in [5.41, 5.74) is 1.56. The lowest BCUT2D eigenvalue weighted by Crippen LogP contribution is -2.21. The number of aliphatic carboxylic acids is 1. The highest BCUT2D eigenvalue weighted by Gasteiger charge is 2.38. The number of aromatic nitrogens is 4. The summed E-state index contributed by atoms with van der Waals surface area (Å²) in [4.78, 5) is 27.9. The van der Waals surface area contributed by atoms with Gasteiger partial charge >= 0.3 is 18.1 Å². The molecular weight excluding hydrogens is 414 g/mol. The molecule has 0 fully saturated rings. The van der Waals surface area contributed by atoms with E-state index in [4.69, 9.17) is 15.0 Å². The maximum Gasteiger partial charge on any atom is 0.490 e. The molecule has 30 heavy (non-hydrogen) atoms. The number of hydrogen-bond donors (Lipinski definition) is 3. The SMILES string of the molecule is Cc1cc(NCCc2cccc(F)c2)n2nc(C(=O)O)nc2n1.O=C(O)C(F)(F)F. The summed E-state index contributed by atoms with van der Waals surface area (Å²) in [5, 5.41) is 23.2. The molecule has 0 amide bonds. The Hall–Kier alpha value is -3.77. The molecular formula is C17H15F4N5O4. The molecule has 3 aromatic rings. The summed E-state index contributed by atoms with van der Waals surface area (Å²) in [5.74, 6) is -3.74. The molecule has 3 rings (SSSR count). The van der Waals surface area contributed by atoms with Crippen LogP contribution < -0.4 is 5.32 Å². The topological polar surface area (TPSA) is 130 Å². The molecule has 3 N–H and O–H groups in total. The summed E-state index contributed by atoms with van der Waals surface area (Å²) < 4.78 is 46.2. The van der Waals surface area contributed by atoms with Gasteiger partial charge in [0.25, 0.3) is 11.6 Å². The highest BCUT2D eigenvalue weighted by atomic mass is 19.4. The molecule has 2 heterocycles. The second-order valence-corrected chi connectivity index (χ2v) is 5.84. The maximum absolute atomic E-state index is 13.2. The van der Waals surface area contributed by atoms with Gasteiger partial charge < -0.3 is 15.5 Å². The first-order valence-electron chi connectivity index (χ1n) is 8.23. The lowest BCUT2D eigenvalue weighted by atomic mass is 10.1. The van der Waals surface area contributed by atoms with Gasteiger partial charge in [-0.3, -0.25) is 0 Å². The van der Waals surface area contributed by atoms with Gasteiger partial charge in [0.2, 0.25) is 0 Å². The van der Waals surface area contributed by atoms with Crippen LogP contribution in [-0.2, 0) is 11.2 Å². The van der Waals surface area contributed by atoms with Crippen molar-refractivity contribution in [3.63, 3.8) is 0 Å². The van der Waals surface area contributed by atoms with E-state index < -0.39 is 18.1 Å². The van der Waals surface area contributed by atoms with E-state index in [2.05, 4.69) is 20.4 Å². The van der Waals surface area contributed by atoms with Crippen LogP contribution in [0.15, 0.2) is 30.3 Å². The van der Waals surface area contributed by atoms with Crippen LogP contribution in [0.3, 0.4) is 0 Å². The molecule has 0 saturated carbocycles. The minimum atomic E-state index is -5.08. The van der Waals surface area contributed by atoms with Gasteiger partial charge in [-0.15, -0.1) is 5.10 Å². The molecule has 1 aromatic carbocycles. The van der Waals surface area contributed by atoms with Gasteiger partial charge in [0.1, 0.15) is 11.6 Å². The van der Waals surface area contributed by atoms with Gasteiger partial charge in [-0.2, -0.15) is 22.7 Å². The number of aryl methyl sites for hydroxylation is 1. The van der Waals surface area contributed by atoms with Gasteiger partial charge in [0.05, 0.1) is 0 Å². The minimum absolute atomic E-state index is 0.218. The van der Waals surface area contributed by atoms with Crippen LogP contribution in [0.25, 0.3) is 5.78 Å². The third-order valence-electron chi connectivity index (χ3n) is 3.48. The van der Waals surface area contributed by atoms with Crippen LogP contribution >= 0.6 is 0 Å². The van der Waals surface area contributed by atoms with E-state index in [1.54, 1.807) is 19.1 Å². The largest absolute Gasteiger partial charge is 0.490 e. The number of carboxylic acid groups (broad SMARTS) is 2. The van der Waals surface area contributed by atoms with E-state index in [0.29, 0.717) is 24.5 Å². The number of halogens is 4. The molecule has 13 heteroatoms. The first-order chi connectivity index (χ1) is 14.0. The number of benzene rings is 1. The Morgan fingerprint density at radius 1 is 1.17 bits per heavy atom. The molecule has 0 spiro atoms. The predicted molar refractivity (Wildman–Crippen MR) is 94.8 cm³/mol. The molecule has 0 aliphatic heterocycles. The molecule has 9 nitrogen and oxygen atoms in total. The fourth-order valence-electron chi connectivity index (χ4n) is 2.23. The molecule has 0 aliphatic rings. The van der Waals surface area contributed by atoms with E-state index in [1.807, 2.05) is 6.07 Å². The van der Waals surface area contributed by atoms with Crippen molar-refractivity contribution in [1.82, 2.24) is 19.6 Å². The zero-order chi connectivity index (χ0) is 22.5. The fourth-order valence-corrected chi connectivity index (χ4v) is 2.23. The highest BCUT2D eigenvalue weighted by Crippen LogP contribution is 2.13. The summed E-state index contributed by atoms with van der Waals surface area (Å²) in [6.07, 6.45) is -4.47. The van der Waals surface area contributed by atoms with E-state index >= 15 is 0 Å². The number of fused-ring (bicyclic) bond motifs is 1. The summed E-state index contributed by atoms with van der Waals surface area (Å²) in [7, 11) is 0. The third-order valence-corrected chi connectivity index (χ3v) is 3.48. The first kappa shape index (κ1) is 22.5. The zero-order valence-electron chi connectivity index (χ0n) is 15.3. The maximum atomic E-state index is 13.2. The van der Waals surface area contributed by atoms with Crippen LogP contribution in [0.1, 0.15) is 21.9 Å². The van der Waals surface area contributed by atoms with Gasteiger partial charge in [-0.05, 0) is 31.0 Å². The molecule has 0 saturated heterocycles. The Balaban J connectivity index is 0.000000396.